The maximum atomic E-state index is 12.0. The number of hydrogen-bond acceptors (Lipinski definition) is 3. The average molecular weight is 238 g/mol. The number of alkyl halides is 3. The zero-order valence-corrected chi connectivity index (χ0v) is 8.92. The molecule has 0 fully saturated rings. The molecule has 1 amide bonds. The first-order chi connectivity index (χ1) is 6.83. The van der Waals surface area contributed by atoms with Gasteiger partial charge in [0.25, 0.3) is 5.91 Å². The molecule has 0 aliphatic carbocycles. The van der Waals surface area contributed by atoms with Gasteiger partial charge >= 0.3 is 6.18 Å². The van der Waals surface area contributed by atoms with Crippen molar-refractivity contribution in [3.05, 3.63) is 15.6 Å². The van der Waals surface area contributed by atoms with E-state index in [-0.39, 0.29) is 9.88 Å². The zero-order valence-electron chi connectivity index (χ0n) is 8.10. The van der Waals surface area contributed by atoms with Gasteiger partial charge in [0.2, 0.25) is 0 Å². The van der Waals surface area contributed by atoms with Crippen molar-refractivity contribution in [2.45, 2.75) is 19.5 Å². The minimum Gasteiger partial charge on any atom is -0.354 e. The third-order valence-electron chi connectivity index (χ3n) is 1.63. The van der Waals surface area contributed by atoms with Crippen LogP contribution in [0.2, 0.25) is 0 Å². The smallest absolute Gasteiger partial charge is 0.354 e. The SMILES string of the molecule is CNC(=O)c1sc(CC(F)(F)F)nc1C. The summed E-state index contributed by atoms with van der Waals surface area (Å²) in [6.45, 7) is 1.51. The summed E-state index contributed by atoms with van der Waals surface area (Å²) in [6.07, 6.45) is -5.38. The fourth-order valence-electron chi connectivity index (χ4n) is 1.02. The Kier molecular flexibility index (Phi) is 3.33. The Morgan fingerprint density at radius 3 is 2.60 bits per heavy atom. The first-order valence-electron chi connectivity index (χ1n) is 4.08. The van der Waals surface area contributed by atoms with Crippen LogP contribution >= 0.6 is 11.3 Å². The first kappa shape index (κ1) is 12.0. The summed E-state index contributed by atoms with van der Waals surface area (Å²) < 4.78 is 36.1. The van der Waals surface area contributed by atoms with Crippen molar-refractivity contribution in [3.8, 4) is 0 Å². The number of hydrogen-bond donors (Lipinski definition) is 1. The number of halogens is 3. The molecule has 84 valence electrons. The Bertz CT molecular complexity index is 372. The number of carbonyl (C=O) groups excluding carboxylic acids is 1. The Balaban J connectivity index is 2.91. The lowest BCUT2D eigenvalue weighted by atomic mass is 10.4. The van der Waals surface area contributed by atoms with Gasteiger partial charge in [-0.05, 0) is 6.92 Å². The number of aromatic nitrogens is 1. The predicted octanol–water partition coefficient (Wildman–Crippen LogP) is 1.92. The Morgan fingerprint density at radius 1 is 1.53 bits per heavy atom. The number of nitrogens with zero attached hydrogens (tertiary/aromatic N) is 1. The van der Waals surface area contributed by atoms with E-state index >= 15 is 0 Å². The van der Waals surface area contributed by atoms with Crippen LogP contribution in [-0.2, 0) is 6.42 Å². The Morgan fingerprint density at radius 2 is 2.13 bits per heavy atom. The van der Waals surface area contributed by atoms with E-state index in [1.165, 1.54) is 14.0 Å². The highest BCUT2D eigenvalue weighted by molar-refractivity contribution is 7.13. The molecule has 1 N–H and O–H groups in total. The molecule has 1 heterocycles. The van der Waals surface area contributed by atoms with E-state index in [0.717, 1.165) is 11.3 Å². The van der Waals surface area contributed by atoms with Crippen LogP contribution in [-0.4, -0.2) is 24.1 Å². The molecule has 7 heteroatoms. The molecule has 0 saturated carbocycles. The zero-order chi connectivity index (χ0) is 11.6. The molecule has 0 aliphatic rings. The molecule has 1 aromatic heterocycles. The number of nitrogens with one attached hydrogen (secondary N) is 1. The highest BCUT2D eigenvalue weighted by atomic mass is 32.1. The summed E-state index contributed by atoms with van der Waals surface area (Å²) in [5.74, 6) is -0.404. The second-order valence-corrected chi connectivity index (χ2v) is 3.98. The van der Waals surface area contributed by atoms with Crippen molar-refractivity contribution in [2.75, 3.05) is 7.05 Å². The van der Waals surface area contributed by atoms with Gasteiger partial charge in [-0.1, -0.05) is 0 Å². The van der Waals surface area contributed by atoms with Gasteiger partial charge in [0, 0.05) is 7.05 Å². The van der Waals surface area contributed by atoms with E-state index < -0.39 is 18.5 Å². The highest BCUT2D eigenvalue weighted by Gasteiger charge is 2.30. The number of carbonyl (C=O) groups is 1. The molecular formula is C8H9F3N2OS. The quantitative estimate of drug-likeness (QED) is 0.855. The van der Waals surface area contributed by atoms with Gasteiger partial charge in [-0.25, -0.2) is 4.98 Å². The number of amides is 1. The van der Waals surface area contributed by atoms with Crippen molar-refractivity contribution in [2.24, 2.45) is 0 Å². The third-order valence-corrected chi connectivity index (χ3v) is 2.78. The summed E-state index contributed by atoms with van der Waals surface area (Å²) in [5, 5.41) is 2.26. The lowest BCUT2D eigenvalue weighted by Gasteiger charge is -2.01. The van der Waals surface area contributed by atoms with Gasteiger partial charge < -0.3 is 5.32 Å². The van der Waals surface area contributed by atoms with Crippen LogP contribution in [0.25, 0.3) is 0 Å². The van der Waals surface area contributed by atoms with Gasteiger partial charge in [-0.15, -0.1) is 11.3 Å². The number of aryl methyl sites for hydroxylation is 1. The molecule has 15 heavy (non-hydrogen) atoms. The molecule has 1 aromatic rings. The predicted molar refractivity (Wildman–Crippen MR) is 50.0 cm³/mol. The van der Waals surface area contributed by atoms with E-state index in [0.29, 0.717) is 5.69 Å². The molecule has 0 spiro atoms. The molecule has 0 radical (unpaired) electrons. The molecule has 0 unspecified atom stereocenters. The third kappa shape index (κ3) is 3.19. The summed E-state index contributed by atoms with van der Waals surface area (Å²) >= 11 is 0.776. The van der Waals surface area contributed by atoms with E-state index in [9.17, 15) is 18.0 Å². The molecule has 0 atom stereocenters. The van der Waals surface area contributed by atoms with Crippen LogP contribution in [0, 0.1) is 6.92 Å². The van der Waals surface area contributed by atoms with E-state index in [1.54, 1.807) is 0 Å². The molecular weight excluding hydrogens is 229 g/mol. The van der Waals surface area contributed by atoms with E-state index in [2.05, 4.69) is 10.3 Å². The fraction of sp³-hybridized carbons (Fsp3) is 0.500. The van der Waals surface area contributed by atoms with Gasteiger partial charge in [-0.3, -0.25) is 4.79 Å². The van der Waals surface area contributed by atoms with E-state index in [1.807, 2.05) is 0 Å². The van der Waals surface area contributed by atoms with Crippen molar-refractivity contribution < 1.29 is 18.0 Å². The molecule has 3 nitrogen and oxygen atoms in total. The van der Waals surface area contributed by atoms with Crippen LogP contribution in [0.15, 0.2) is 0 Å². The van der Waals surface area contributed by atoms with Gasteiger partial charge in [0.05, 0.1) is 12.1 Å². The summed E-state index contributed by atoms with van der Waals surface area (Å²) in [7, 11) is 1.42. The van der Waals surface area contributed by atoms with Crippen LogP contribution in [0.1, 0.15) is 20.4 Å². The summed E-state index contributed by atoms with van der Waals surface area (Å²) in [4.78, 5) is 15.1. The molecule has 0 aromatic carbocycles. The number of rotatable bonds is 2. The molecule has 0 saturated heterocycles. The summed E-state index contributed by atoms with van der Waals surface area (Å²) in [5.41, 5.74) is 0.332. The van der Waals surface area contributed by atoms with Crippen molar-refractivity contribution in [1.29, 1.82) is 0 Å². The molecule has 0 bridgehead atoms. The van der Waals surface area contributed by atoms with Crippen molar-refractivity contribution >= 4 is 17.2 Å². The minimum atomic E-state index is -4.29. The van der Waals surface area contributed by atoms with Crippen molar-refractivity contribution in [1.82, 2.24) is 10.3 Å². The largest absolute Gasteiger partial charge is 0.395 e. The standard InChI is InChI=1S/C8H9F3N2OS/c1-4-6(7(14)12-2)15-5(13-4)3-8(9,10)11/h3H2,1-2H3,(H,12,14). The second kappa shape index (κ2) is 4.18. The topological polar surface area (TPSA) is 42.0 Å². The van der Waals surface area contributed by atoms with Crippen LogP contribution in [0.4, 0.5) is 13.2 Å². The lowest BCUT2D eigenvalue weighted by molar-refractivity contribution is -0.127. The maximum Gasteiger partial charge on any atom is 0.395 e. The first-order valence-corrected chi connectivity index (χ1v) is 4.90. The van der Waals surface area contributed by atoms with Crippen LogP contribution < -0.4 is 5.32 Å². The number of thiazole rings is 1. The minimum absolute atomic E-state index is 0.0846. The molecule has 0 aliphatic heterocycles. The van der Waals surface area contributed by atoms with Crippen LogP contribution in [0.5, 0.6) is 0 Å². The second-order valence-electron chi connectivity index (χ2n) is 2.89. The lowest BCUT2D eigenvalue weighted by Crippen LogP contribution is -2.17. The Hall–Kier alpha value is -1.11. The monoisotopic (exact) mass is 238 g/mol. The average Bonchev–Trinajstić information content (AvgIpc) is 2.42. The summed E-state index contributed by atoms with van der Waals surface area (Å²) in [6, 6.07) is 0. The van der Waals surface area contributed by atoms with Crippen LogP contribution in [0.3, 0.4) is 0 Å². The highest BCUT2D eigenvalue weighted by Crippen LogP contribution is 2.26. The van der Waals surface area contributed by atoms with Gasteiger partial charge in [-0.2, -0.15) is 13.2 Å². The van der Waals surface area contributed by atoms with Crippen molar-refractivity contribution in [3.63, 3.8) is 0 Å². The fourth-order valence-corrected chi connectivity index (χ4v) is 2.07. The molecule has 1 rings (SSSR count). The van der Waals surface area contributed by atoms with Gasteiger partial charge in [0.1, 0.15) is 9.88 Å². The van der Waals surface area contributed by atoms with Gasteiger partial charge in [0.15, 0.2) is 0 Å². The van der Waals surface area contributed by atoms with E-state index in [4.69, 9.17) is 0 Å². The normalized spacial score (nSPS) is 11.5. The maximum absolute atomic E-state index is 12.0. The Labute approximate surface area is 88.3 Å².